The minimum absolute atomic E-state index is 0.293. The third-order valence-corrected chi connectivity index (χ3v) is 3.26. The molecular formula is C15H16ClNO2. The Morgan fingerprint density at radius 1 is 1.11 bits per heavy atom. The lowest BCUT2D eigenvalue weighted by molar-refractivity contribution is 0.407. The monoisotopic (exact) mass is 277 g/mol. The van der Waals surface area contributed by atoms with Crippen LogP contribution in [0.1, 0.15) is 11.1 Å². The molecule has 0 spiro atoms. The Hall–Kier alpha value is -1.71. The van der Waals surface area contributed by atoms with Crippen molar-refractivity contribution >= 4 is 11.6 Å². The summed E-state index contributed by atoms with van der Waals surface area (Å²) in [6.45, 7) is 1.15. The summed E-state index contributed by atoms with van der Waals surface area (Å²) < 4.78 is 5.28. The number of hydrogen-bond donors (Lipinski definition) is 2. The molecule has 100 valence electrons. The van der Waals surface area contributed by atoms with Gasteiger partial charge in [-0.1, -0.05) is 35.9 Å². The molecule has 0 bridgehead atoms. The molecule has 0 aliphatic heterocycles. The highest BCUT2D eigenvalue weighted by Gasteiger charge is 2.07. The van der Waals surface area contributed by atoms with E-state index in [4.69, 9.17) is 16.3 Å². The highest BCUT2D eigenvalue weighted by atomic mass is 35.5. The van der Waals surface area contributed by atoms with Crippen LogP contribution in [0.15, 0.2) is 42.5 Å². The van der Waals surface area contributed by atoms with Gasteiger partial charge in [-0.3, -0.25) is 0 Å². The maximum absolute atomic E-state index is 9.67. The lowest BCUT2D eigenvalue weighted by Gasteiger charge is -2.11. The van der Waals surface area contributed by atoms with Gasteiger partial charge in [-0.15, -0.1) is 0 Å². The maximum atomic E-state index is 9.67. The van der Waals surface area contributed by atoms with Crippen LogP contribution in [-0.4, -0.2) is 12.2 Å². The summed E-state index contributed by atoms with van der Waals surface area (Å²) in [5.41, 5.74) is 1.77. The summed E-state index contributed by atoms with van der Waals surface area (Å²) in [6, 6.07) is 12.8. The molecule has 0 amide bonds. The molecule has 3 nitrogen and oxygen atoms in total. The highest BCUT2D eigenvalue weighted by Crippen LogP contribution is 2.26. The molecule has 0 aliphatic carbocycles. The summed E-state index contributed by atoms with van der Waals surface area (Å²) in [5, 5.41) is 13.6. The van der Waals surface area contributed by atoms with Crippen molar-refractivity contribution in [3.05, 3.63) is 58.6 Å². The second-order valence-corrected chi connectivity index (χ2v) is 4.56. The van der Waals surface area contributed by atoms with E-state index in [-0.39, 0.29) is 0 Å². The quantitative estimate of drug-likeness (QED) is 0.881. The number of phenolic OH excluding ortho intramolecular Hbond substituents is 1. The summed E-state index contributed by atoms with van der Waals surface area (Å²) in [5.74, 6) is 1.05. The summed E-state index contributed by atoms with van der Waals surface area (Å²) in [4.78, 5) is 0. The number of benzene rings is 2. The van der Waals surface area contributed by atoms with Crippen LogP contribution >= 0.6 is 11.6 Å². The minimum Gasteiger partial charge on any atom is -0.508 e. The van der Waals surface area contributed by atoms with Crippen LogP contribution in [0, 0.1) is 0 Å². The number of nitrogens with one attached hydrogen (secondary N) is 1. The van der Waals surface area contributed by atoms with E-state index in [0.29, 0.717) is 23.9 Å². The number of halogens is 1. The molecule has 0 unspecified atom stereocenters. The molecule has 4 heteroatoms. The van der Waals surface area contributed by atoms with E-state index >= 15 is 0 Å². The fraction of sp³-hybridized carbons (Fsp3) is 0.200. The SMILES string of the molecule is COc1cccc(Cl)c1CNCc1ccccc1O. The van der Waals surface area contributed by atoms with Crippen LogP contribution in [0.2, 0.25) is 5.02 Å². The molecule has 0 fully saturated rings. The lowest BCUT2D eigenvalue weighted by atomic mass is 10.1. The van der Waals surface area contributed by atoms with E-state index in [1.807, 2.05) is 30.3 Å². The van der Waals surface area contributed by atoms with Gasteiger partial charge >= 0.3 is 0 Å². The van der Waals surface area contributed by atoms with E-state index in [2.05, 4.69) is 5.32 Å². The number of hydrogen-bond acceptors (Lipinski definition) is 3. The van der Waals surface area contributed by atoms with E-state index in [1.165, 1.54) is 0 Å². The minimum atomic E-state index is 0.293. The van der Waals surface area contributed by atoms with Crippen molar-refractivity contribution in [3.63, 3.8) is 0 Å². The number of para-hydroxylation sites is 1. The predicted octanol–water partition coefficient (Wildman–Crippen LogP) is 3.34. The van der Waals surface area contributed by atoms with Gasteiger partial charge in [0.05, 0.1) is 7.11 Å². The molecule has 0 heterocycles. The molecule has 0 saturated carbocycles. The van der Waals surface area contributed by atoms with Crippen molar-refractivity contribution in [3.8, 4) is 11.5 Å². The van der Waals surface area contributed by atoms with Crippen LogP contribution in [0.25, 0.3) is 0 Å². The average molecular weight is 278 g/mol. The van der Waals surface area contributed by atoms with Crippen LogP contribution in [-0.2, 0) is 13.1 Å². The first-order valence-electron chi connectivity index (χ1n) is 6.01. The van der Waals surface area contributed by atoms with E-state index < -0.39 is 0 Å². The molecule has 2 aromatic rings. The Bertz CT molecular complexity index is 558. The summed E-state index contributed by atoms with van der Waals surface area (Å²) >= 11 is 6.15. The molecule has 19 heavy (non-hydrogen) atoms. The number of phenols is 1. The van der Waals surface area contributed by atoms with E-state index in [0.717, 1.165) is 16.9 Å². The standard InChI is InChI=1S/C15H16ClNO2/c1-19-15-8-4-6-13(16)12(15)10-17-9-11-5-2-3-7-14(11)18/h2-8,17-18H,9-10H2,1H3. The van der Waals surface area contributed by atoms with Crippen molar-refractivity contribution < 1.29 is 9.84 Å². The van der Waals surface area contributed by atoms with Crippen LogP contribution in [0.3, 0.4) is 0 Å². The zero-order valence-corrected chi connectivity index (χ0v) is 11.4. The van der Waals surface area contributed by atoms with Crippen molar-refractivity contribution in [2.75, 3.05) is 7.11 Å². The lowest BCUT2D eigenvalue weighted by Crippen LogP contribution is -2.13. The number of rotatable bonds is 5. The molecule has 2 rings (SSSR count). The van der Waals surface area contributed by atoms with Gasteiger partial charge in [0.2, 0.25) is 0 Å². The third-order valence-electron chi connectivity index (χ3n) is 2.90. The fourth-order valence-corrected chi connectivity index (χ4v) is 2.12. The Balaban J connectivity index is 2.02. The molecular weight excluding hydrogens is 262 g/mol. The normalized spacial score (nSPS) is 10.4. The van der Waals surface area contributed by atoms with Gasteiger partial charge in [-0.2, -0.15) is 0 Å². The highest BCUT2D eigenvalue weighted by molar-refractivity contribution is 6.31. The fourth-order valence-electron chi connectivity index (χ4n) is 1.88. The molecule has 0 aromatic heterocycles. The van der Waals surface area contributed by atoms with Crippen molar-refractivity contribution in [2.45, 2.75) is 13.1 Å². The molecule has 0 aliphatic rings. The maximum Gasteiger partial charge on any atom is 0.124 e. The van der Waals surface area contributed by atoms with Crippen LogP contribution < -0.4 is 10.1 Å². The molecule has 2 N–H and O–H groups in total. The topological polar surface area (TPSA) is 41.5 Å². The van der Waals surface area contributed by atoms with Gasteiger partial charge in [0.1, 0.15) is 11.5 Å². The van der Waals surface area contributed by atoms with Crippen molar-refractivity contribution in [1.82, 2.24) is 5.32 Å². The number of ether oxygens (including phenoxy) is 1. The van der Waals surface area contributed by atoms with E-state index in [9.17, 15) is 5.11 Å². The second kappa shape index (κ2) is 6.45. The van der Waals surface area contributed by atoms with Gasteiger partial charge < -0.3 is 15.2 Å². The Morgan fingerprint density at radius 3 is 2.63 bits per heavy atom. The van der Waals surface area contributed by atoms with Crippen LogP contribution in [0.4, 0.5) is 0 Å². The number of methoxy groups -OCH3 is 1. The average Bonchev–Trinajstić information content (AvgIpc) is 2.42. The Morgan fingerprint density at radius 2 is 1.89 bits per heavy atom. The van der Waals surface area contributed by atoms with Gasteiger partial charge in [-0.25, -0.2) is 0 Å². The summed E-state index contributed by atoms with van der Waals surface area (Å²) in [7, 11) is 1.62. The van der Waals surface area contributed by atoms with Gasteiger partial charge in [-0.05, 0) is 18.2 Å². The van der Waals surface area contributed by atoms with E-state index in [1.54, 1.807) is 19.2 Å². The molecule has 0 saturated heterocycles. The first-order chi connectivity index (χ1) is 9.22. The van der Waals surface area contributed by atoms with Crippen LogP contribution in [0.5, 0.6) is 11.5 Å². The largest absolute Gasteiger partial charge is 0.508 e. The first kappa shape index (κ1) is 13.7. The number of aromatic hydroxyl groups is 1. The zero-order chi connectivity index (χ0) is 13.7. The second-order valence-electron chi connectivity index (χ2n) is 4.15. The Labute approximate surface area is 117 Å². The first-order valence-corrected chi connectivity index (χ1v) is 6.39. The Kier molecular flexibility index (Phi) is 4.66. The third kappa shape index (κ3) is 3.40. The molecule has 0 radical (unpaired) electrons. The van der Waals surface area contributed by atoms with Gasteiger partial charge in [0.15, 0.2) is 0 Å². The predicted molar refractivity (Wildman–Crippen MR) is 76.7 cm³/mol. The molecule has 0 atom stereocenters. The van der Waals surface area contributed by atoms with Crippen molar-refractivity contribution in [1.29, 1.82) is 0 Å². The van der Waals surface area contributed by atoms with Crippen molar-refractivity contribution in [2.24, 2.45) is 0 Å². The van der Waals surface area contributed by atoms with Gasteiger partial charge in [0, 0.05) is 29.2 Å². The van der Waals surface area contributed by atoms with Gasteiger partial charge in [0.25, 0.3) is 0 Å². The molecule has 2 aromatic carbocycles. The zero-order valence-electron chi connectivity index (χ0n) is 10.7. The summed E-state index contributed by atoms with van der Waals surface area (Å²) in [6.07, 6.45) is 0. The smallest absolute Gasteiger partial charge is 0.124 e.